The van der Waals surface area contributed by atoms with Gasteiger partial charge >= 0.3 is 0 Å². The minimum Gasteiger partial charge on any atom is -0.497 e. The smallest absolute Gasteiger partial charge is 0.219 e. The molecule has 0 aromatic heterocycles. The second-order valence-electron chi connectivity index (χ2n) is 5.54. The van der Waals surface area contributed by atoms with Gasteiger partial charge in [-0.05, 0) is 61.3 Å². The van der Waals surface area contributed by atoms with Gasteiger partial charge in [0.25, 0.3) is 0 Å². The summed E-state index contributed by atoms with van der Waals surface area (Å²) < 4.78 is 5.33. The third-order valence-corrected chi connectivity index (χ3v) is 4.08. The van der Waals surface area contributed by atoms with Crippen molar-refractivity contribution in [2.45, 2.75) is 51.4 Å². The Hall–Kier alpha value is -1.51. The van der Waals surface area contributed by atoms with Crippen LogP contribution in [0.1, 0.15) is 56.1 Å². The van der Waals surface area contributed by atoms with E-state index in [0.717, 1.165) is 31.6 Å². The molecule has 0 saturated carbocycles. The first-order valence-electron chi connectivity index (χ1n) is 7.68. The summed E-state index contributed by atoms with van der Waals surface area (Å²) in [7, 11) is 1.71. The molecule has 0 aliphatic heterocycles. The lowest BCUT2D eigenvalue weighted by atomic mass is 9.81. The number of carbonyl (C=O) groups excluding carboxylic acids is 1. The molecule has 0 fully saturated rings. The summed E-state index contributed by atoms with van der Waals surface area (Å²) in [4.78, 5) is 11.5. The van der Waals surface area contributed by atoms with E-state index in [2.05, 4.69) is 17.4 Å². The van der Waals surface area contributed by atoms with Crippen LogP contribution in [-0.4, -0.2) is 19.6 Å². The van der Waals surface area contributed by atoms with E-state index in [1.165, 1.54) is 24.0 Å². The van der Waals surface area contributed by atoms with E-state index in [-0.39, 0.29) is 5.91 Å². The highest BCUT2D eigenvalue weighted by molar-refractivity contribution is 5.75. The molecule has 1 aliphatic carbocycles. The van der Waals surface area contributed by atoms with E-state index in [9.17, 15) is 4.79 Å². The molecular formula is C17H25NO2. The predicted octanol–water partition coefficient (Wildman–Crippen LogP) is 3.42. The Labute approximate surface area is 121 Å². The van der Waals surface area contributed by atoms with E-state index in [1.807, 2.05) is 13.0 Å². The number of fused-ring (bicyclic) bond motifs is 1. The van der Waals surface area contributed by atoms with E-state index < -0.39 is 0 Å². The van der Waals surface area contributed by atoms with Crippen LogP contribution in [0.25, 0.3) is 0 Å². The van der Waals surface area contributed by atoms with Crippen LogP contribution in [-0.2, 0) is 11.2 Å². The number of hydrogen-bond acceptors (Lipinski definition) is 2. The maximum absolute atomic E-state index is 11.5. The molecular weight excluding hydrogens is 250 g/mol. The first-order chi connectivity index (χ1) is 9.74. The first-order valence-corrected chi connectivity index (χ1v) is 7.68. The number of amides is 1. The Balaban J connectivity index is 1.95. The average molecular weight is 275 g/mol. The monoisotopic (exact) mass is 275 g/mol. The summed E-state index contributed by atoms with van der Waals surface area (Å²) in [5, 5.41) is 3.02. The zero-order valence-corrected chi connectivity index (χ0v) is 12.6. The lowest BCUT2D eigenvalue weighted by Gasteiger charge is -2.26. The molecule has 0 bridgehead atoms. The fraction of sp³-hybridized carbons (Fsp3) is 0.588. The number of rotatable bonds is 6. The number of ether oxygens (including phenoxy) is 1. The molecule has 1 amide bonds. The fourth-order valence-corrected chi connectivity index (χ4v) is 3.00. The summed E-state index contributed by atoms with van der Waals surface area (Å²) in [5.74, 6) is 1.66. The highest BCUT2D eigenvalue weighted by Gasteiger charge is 2.20. The maximum Gasteiger partial charge on any atom is 0.219 e. The lowest BCUT2D eigenvalue weighted by Crippen LogP contribution is -2.25. The second-order valence-corrected chi connectivity index (χ2v) is 5.54. The number of benzene rings is 1. The quantitative estimate of drug-likeness (QED) is 0.864. The van der Waals surface area contributed by atoms with Gasteiger partial charge < -0.3 is 10.1 Å². The molecule has 1 unspecified atom stereocenters. The van der Waals surface area contributed by atoms with E-state index in [0.29, 0.717) is 12.3 Å². The molecule has 1 atom stereocenters. The number of methoxy groups -OCH3 is 1. The van der Waals surface area contributed by atoms with E-state index in [1.54, 1.807) is 7.11 Å². The van der Waals surface area contributed by atoms with E-state index >= 15 is 0 Å². The van der Waals surface area contributed by atoms with Gasteiger partial charge in [-0.15, -0.1) is 0 Å². The summed E-state index contributed by atoms with van der Waals surface area (Å²) in [6.45, 7) is 2.81. The summed E-state index contributed by atoms with van der Waals surface area (Å²) in [6.07, 6.45) is 6.19. The highest BCUT2D eigenvalue weighted by atomic mass is 16.5. The number of hydrogen-bond donors (Lipinski definition) is 1. The normalized spacial score (nSPS) is 17.4. The fourth-order valence-electron chi connectivity index (χ4n) is 3.00. The Morgan fingerprint density at radius 2 is 2.30 bits per heavy atom. The van der Waals surface area contributed by atoms with Crippen molar-refractivity contribution in [3.63, 3.8) is 0 Å². The van der Waals surface area contributed by atoms with Gasteiger partial charge in [-0.3, -0.25) is 4.79 Å². The van der Waals surface area contributed by atoms with Crippen molar-refractivity contribution in [3.05, 3.63) is 29.3 Å². The zero-order chi connectivity index (χ0) is 14.4. The lowest BCUT2D eigenvalue weighted by molar-refractivity contribution is -0.121. The Bertz CT molecular complexity index is 456. The van der Waals surface area contributed by atoms with Gasteiger partial charge in [0, 0.05) is 13.0 Å². The highest BCUT2D eigenvalue weighted by Crippen LogP contribution is 2.35. The Morgan fingerprint density at radius 1 is 1.45 bits per heavy atom. The Kier molecular flexibility index (Phi) is 5.45. The van der Waals surface area contributed by atoms with Crippen molar-refractivity contribution in [2.75, 3.05) is 13.7 Å². The third-order valence-electron chi connectivity index (χ3n) is 4.08. The van der Waals surface area contributed by atoms with Crippen molar-refractivity contribution < 1.29 is 9.53 Å². The topological polar surface area (TPSA) is 38.3 Å². The van der Waals surface area contributed by atoms with Crippen LogP contribution in [0.2, 0.25) is 0 Å². The molecule has 0 spiro atoms. The summed E-state index contributed by atoms with van der Waals surface area (Å²) in [5.41, 5.74) is 2.86. The van der Waals surface area contributed by atoms with Crippen LogP contribution in [0.15, 0.2) is 18.2 Å². The molecule has 0 radical (unpaired) electrons. The number of nitrogens with one attached hydrogen (secondary N) is 1. The van der Waals surface area contributed by atoms with Gasteiger partial charge in [0.05, 0.1) is 7.11 Å². The standard InChI is InChI=1S/C17H25NO2/c1-3-5-17(19)18-11-10-14-7-4-6-13-8-9-15(20-2)12-16(13)14/h8-9,12,14H,3-7,10-11H2,1-2H3,(H,18,19). The molecule has 0 saturated heterocycles. The van der Waals surface area contributed by atoms with Crippen LogP contribution < -0.4 is 10.1 Å². The van der Waals surface area contributed by atoms with Gasteiger partial charge in [-0.1, -0.05) is 13.0 Å². The van der Waals surface area contributed by atoms with Crippen molar-refractivity contribution in [1.29, 1.82) is 0 Å². The largest absolute Gasteiger partial charge is 0.497 e. The van der Waals surface area contributed by atoms with Crippen molar-refractivity contribution >= 4 is 5.91 Å². The van der Waals surface area contributed by atoms with E-state index in [4.69, 9.17) is 4.74 Å². The minimum absolute atomic E-state index is 0.175. The van der Waals surface area contributed by atoms with Gasteiger partial charge in [0.15, 0.2) is 0 Å². The third kappa shape index (κ3) is 3.75. The van der Waals surface area contributed by atoms with Crippen molar-refractivity contribution in [2.24, 2.45) is 0 Å². The molecule has 1 N–H and O–H groups in total. The number of carbonyl (C=O) groups is 1. The zero-order valence-electron chi connectivity index (χ0n) is 12.6. The molecule has 1 aliphatic rings. The maximum atomic E-state index is 11.5. The molecule has 1 aromatic rings. The molecule has 0 heterocycles. The van der Waals surface area contributed by atoms with Crippen LogP contribution >= 0.6 is 0 Å². The van der Waals surface area contributed by atoms with Gasteiger partial charge in [-0.2, -0.15) is 0 Å². The first kappa shape index (κ1) is 14.9. The SMILES string of the molecule is CCCC(=O)NCCC1CCCc2ccc(OC)cc21. The average Bonchev–Trinajstić information content (AvgIpc) is 2.47. The van der Waals surface area contributed by atoms with Crippen LogP contribution in [0.5, 0.6) is 5.75 Å². The molecule has 2 rings (SSSR count). The molecule has 3 nitrogen and oxygen atoms in total. The molecule has 1 aromatic carbocycles. The van der Waals surface area contributed by atoms with Gasteiger partial charge in [-0.25, -0.2) is 0 Å². The van der Waals surface area contributed by atoms with Gasteiger partial charge in [0.1, 0.15) is 5.75 Å². The van der Waals surface area contributed by atoms with Gasteiger partial charge in [0.2, 0.25) is 5.91 Å². The Morgan fingerprint density at radius 3 is 3.05 bits per heavy atom. The second kappa shape index (κ2) is 7.32. The number of aryl methyl sites for hydroxylation is 1. The van der Waals surface area contributed by atoms with Crippen LogP contribution in [0.4, 0.5) is 0 Å². The summed E-state index contributed by atoms with van der Waals surface area (Å²) >= 11 is 0. The van der Waals surface area contributed by atoms with Crippen molar-refractivity contribution in [3.8, 4) is 5.75 Å². The minimum atomic E-state index is 0.175. The van der Waals surface area contributed by atoms with Crippen LogP contribution in [0, 0.1) is 0 Å². The molecule has 3 heteroatoms. The van der Waals surface area contributed by atoms with Crippen molar-refractivity contribution in [1.82, 2.24) is 5.32 Å². The summed E-state index contributed by atoms with van der Waals surface area (Å²) in [6, 6.07) is 6.41. The molecule has 110 valence electrons. The van der Waals surface area contributed by atoms with Crippen LogP contribution in [0.3, 0.4) is 0 Å². The molecule has 20 heavy (non-hydrogen) atoms. The predicted molar refractivity (Wildman–Crippen MR) is 81.2 cm³/mol.